The fourth-order valence-electron chi connectivity index (χ4n) is 1.99. The second kappa shape index (κ2) is 4.46. The minimum atomic E-state index is -0.727. The summed E-state index contributed by atoms with van der Waals surface area (Å²) in [6, 6.07) is 9.44. The van der Waals surface area contributed by atoms with Crippen LogP contribution in [0.25, 0.3) is 0 Å². The molecule has 1 aliphatic rings. The Hall–Kier alpha value is -2.02. The van der Waals surface area contributed by atoms with Gasteiger partial charge in [-0.1, -0.05) is 6.92 Å². The van der Waals surface area contributed by atoms with Gasteiger partial charge in [0.1, 0.15) is 0 Å². The first-order valence-electron chi connectivity index (χ1n) is 5.59. The van der Waals surface area contributed by atoms with Gasteiger partial charge in [0.15, 0.2) is 0 Å². The lowest BCUT2D eigenvalue weighted by atomic mass is 9.86. The Balaban J connectivity index is 1.95. The predicted octanol–water partition coefficient (Wildman–Crippen LogP) is 1.72. The molecule has 0 bridgehead atoms. The second-order valence-corrected chi connectivity index (χ2v) is 4.45. The summed E-state index contributed by atoms with van der Waals surface area (Å²) in [5.41, 5.74) is 1.70. The fourth-order valence-corrected chi connectivity index (χ4v) is 1.99. The largest absolute Gasteiger partial charge is 0.481 e. The molecule has 88 valence electrons. The highest BCUT2D eigenvalue weighted by Crippen LogP contribution is 2.29. The number of aliphatic carboxylic acids is 1. The molecule has 2 rings (SSSR count). The van der Waals surface area contributed by atoms with Crippen molar-refractivity contribution in [3.8, 4) is 6.07 Å². The normalized spacial score (nSPS) is 17.1. The monoisotopic (exact) mass is 230 g/mol. The van der Waals surface area contributed by atoms with Crippen molar-refractivity contribution in [2.75, 3.05) is 18.0 Å². The first-order chi connectivity index (χ1) is 8.11. The Labute approximate surface area is 100 Å². The third-order valence-electron chi connectivity index (χ3n) is 3.37. The molecule has 1 aromatic carbocycles. The number of carboxylic acid groups (broad SMARTS) is 1. The van der Waals surface area contributed by atoms with Crippen LogP contribution in [0.4, 0.5) is 5.69 Å². The minimum absolute atomic E-state index is 0.225. The lowest BCUT2D eigenvalue weighted by Gasteiger charge is -2.42. The molecule has 0 radical (unpaired) electrons. The molecule has 1 heterocycles. The molecular weight excluding hydrogens is 216 g/mol. The number of carboxylic acids is 1. The summed E-state index contributed by atoms with van der Waals surface area (Å²) in [6.45, 7) is 3.31. The van der Waals surface area contributed by atoms with Crippen LogP contribution in [0.5, 0.6) is 0 Å². The van der Waals surface area contributed by atoms with Crippen molar-refractivity contribution in [2.45, 2.75) is 6.92 Å². The molecule has 4 nitrogen and oxygen atoms in total. The molecule has 0 aliphatic carbocycles. The standard InChI is InChI=1S/C13H14N2O2/c1-9(13(16)17)11-7-15(8-11)12-4-2-10(6-14)3-5-12/h2-5,9,11H,7-8H2,1H3,(H,16,17). The van der Waals surface area contributed by atoms with E-state index in [4.69, 9.17) is 10.4 Å². The first-order valence-corrected chi connectivity index (χ1v) is 5.59. The Bertz CT molecular complexity index is 455. The van der Waals surface area contributed by atoms with Crippen LogP contribution >= 0.6 is 0 Å². The molecule has 1 aliphatic heterocycles. The van der Waals surface area contributed by atoms with E-state index >= 15 is 0 Å². The predicted molar refractivity (Wildman–Crippen MR) is 63.7 cm³/mol. The highest BCUT2D eigenvalue weighted by atomic mass is 16.4. The fraction of sp³-hybridized carbons (Fsp3) is 0.385. The Morgan fingerprint density at radius 3 is 2.53 bits per heavy atom. The average molecular weight is 230 g/mol. The van der Waals surface area contributed by atoms with E-state index in [1.54, 1.807) is 19.1 Å². The molecule has 0 saturated carbocycles. The van der Waals surface area contributed by atoms with Gasteiger partial charge < -0.3 is 10.0 Å². The summed E-state index contributed by atoms with van der Waals surface area (Å²) < 4.78 is 0. The summed E-state index contributed by atoms with van der Waals surface area (Å²) in [4.78, 5) is 12.9. The Morgan fingerprint density at radius 1 is 1.47 bits per heavy atom. The van der Waals surface area contributed by atoms with Crippen LogP contribution in [0.3, 0.4) is 0 Å². The highest BCUT2D eigenvalue weighted by Gasteiger charge is 2.34. The average Bonchev–Trinajstić information content (AvgIpc) is 2.27. The molecule has 1 saturated heterocycles. The molecule has 1 aromatic rings. The topological polar surface area (TPSA) is 64.3 Å². The SMILES string of the molecule is CC(C(=O)O)C1CN(c2ccc(C#N)cc2)C1. The van der Waals surface area contributed by atoms with Crippen molar-refractivity contribution in [3.05, 3.63) is 29.8 Å². The molecule has 1 unspecified atom stereocenters. The van der Waals surface area contributed by atoms with Crippen molar-refractivity contribution in [1.29, 1.82) is 5.26 Å². The van der Waals surface area contributed by atoms with Crippen LogP contribution in [0.15, 0.2) is 24.3 Å². The highest BCUT2D eigenvalue weighted by molar-refractivity contribution is 5.70. The molecule has 1 atom stereocenters. The second-order valence-electron chi connectivity index (χ2n) is 4.45. The van der Waals surface area contributed by atoms with Gasteiger partial charge in [0.05, 0.1) is 17.6 Å². The van der Waals surface area contributed by atoms with Crippen molar-refractivity contribution < 1.29 is 9.90 Å². The van der Waals surface area contributed by atoms with E-state index in [-0.39, 0.29) is 11.8 Å². The molecule has 4 heteroatoms. The molecule has 0 aromatic heterocycles. The number of rotatable bonds is 3. The third kappa shape index (κ3) is 2.23. The maximum Gasteiger partial charge on any atom is 0.306 e. The zero-order chi connectivity index (χ0) is 12.4. The van der Waals surface area contributed by atoms with Crippen LogP contribution in [-0.2, 0) is 4.79 Å². The van der Waals surface area contributed by atoms with Gasteiger partial charge in [-0.05, 0) is 24.3 Å². The molecule has 17 heavy (non-hydrogen) atoms. The van der Waals surface area contributed by atoms with Gasteiger partial charge in [0.2, 0.25) is 0 Å². The van der Waals surface area contributed by atoms with Gasteiger partial charge in [-0.3, -0.25) is 4.79 Å². The molecule has 0 amide bonds. The van der Waals surface area contributed by atoms with Crippen molar-refractivity contribution in [2.24, 2.45) is 11.8 Å². The van der Waals surface area contributed by atoms with Crippen molar-refractivity contribution >= 4 is 11.7 Å². The van der Waals surface area contributed by atoms with Crippen molar-refractivity contribution in [1.82, 2.24) is 0 Å². The quantitative estimate of drug-likeness (QED) is 0.858. The number of hydrogen-bond donors (Lipinski definition) is 1. The van der Waals surface area contributed by atoms with Crippen LogP contribution in [0.1, 0.15) is 12.5 Å². The van der Waals surface area contributed by atoms with Crippen LogP contribution < -0.4 is 4.90 Å². The van der Waals surface area contributed by atoms with E-state index in [2.05, 4.69) is 11.0 Å². The summed E-state index contributed by atoms with van der Waals surface area (Å²) in [5.74, 6) is -0.790. The summed E-state index contributed by atoms with van der Waals surface area (Å²) in [6.07, 6.45) is 0. The number of nitrogens with zero attached hydrogens (tertiary/aromatic N) is 2. The van der Waals surface area contributed by atoms with Gasteiger partial charge in [-0.15, -0.1) is 0 Å². The minimum Gasteiger partial charge on any atom is -0.481 e. The Kier molecular flexibility index (Phi) is 3.01. The van der Waals surface area contributed by atoms with E-state index < -0.39 is 5.97 Å². The van der Waals surface area contributed by atoms with Crippen LogP contribution in [0.2, 0.25) is 0 Å². The number of benzene rings is 1. The van der Waals surface area contributed by atoms with Gasteiger partial charge in [-0.25, -0.2) is 0 Å². The summed E-state index contributed by atoms with van der Waals surface area (Å²) in [7, 11) is 0. The van der Waals surface area contributed by atoms with Gasteiger partial charge in [-0.2, -0.15) is 5.26 Å². The molecule has 0 spiro atoms. The molecule has 1 fully saturated rings. The van der Waals surface area contributed by atoms with E-state index in [0.29, 0.717) is 5.56 Å². The summed E-state index contributed by atoms with van der Waals surface area (Å²) >= 11 is 0. The maximum atomic E-state index is 10.8. The number of hydrogen-bond acceptors (Lipinski definition) is 3. The zero-order valence-electron chi connectivity index (χ0n) is 9.63. The third-order valence-corrected chi connectivity index (χ3v) is 3.37. The van der Waals surface area contributed by atoms with Crippen molar-refractivity contribution in [3.63, 3.8) is 0 Å². The van der Waals surface area contributed by atoms with Crippen LogP contribution in [0, 0.1) is 23.2 Å². The smallest absolute Gasteiger partial charge is 0.306 e. The number of carbonyl (C=O) groups is 1. The lowest BCUT2D eigenvalue weighted by Crippen LogP contribution is -2.51. The lowest BCUT2D eigenvalue weighted by molar-refractivity contribution is -0.143. The van der Waals surface area contributed by atoms with Gasteiger partial charge in [0.25, 0.3) is 0 Å². The molecular formula is C13H14N2O2. The Morgan fingerprint density at radius 2 is 2.06 bits per heavy atom. The van der Waals surface area contributed by atoms with Crippen LogP contribution in [-0.4, -0.2) is 24.2 Å². The summed E-state index contributed by atoms with van der Waals surface area (Å²) in [5, 5.41) is 17.6. The first kappa shape index (κ1) is 11.5. The number of anilines is 1. The molecule has 1 N–H and O–H groups in total. The van der Waals surface area contributed by atoms with E-state index in [9.17, 15) is 4.79 Å². The zero-order valence-corrected chi connectivity index (χ0v) is 9.63. The van der Waals surface area contributed by atoms with E-state index in [1.165, 1.54) is 0 Å². The van der Waals surface area contributed by atoms with Gasteiger partial charge in [0, 0.05) is 24.7 Å². The van der Waals surface area contributed by atoms with E-state index in [1.807, 2.05) is 12.1 Å². The number of nitriles is 1. The van der Waals surface area contributed by atoms with E-state index in [0.717, 1.165) is 18.8 Å². The van der Waals surface area contributed by atoms with Gasteiger partial charge >= 0.3 is 5.97 Å². The maximum absolute atomic E-state index is 10.8.